The number of ether oxygens (including phenoxy) is 1. The van der Waals surface area contributed by atoms with Crippen molar-refractivity contribution in [1.29, 1.82) is 0 Å². The first-order valence-corrected chi connectivity index (χ1v) is 15.8. The van der Waals surface area contributed by atoms with Gasteiger partial charge in [0.25, 0.3) is 0 Å². The average molecular weight is 558 g/mol. The maximum absolute atomic E-state index is 13.5. The Balaban J connectivity index is 1.70. The first-order valence-electron chi connectivity index (χ1n) is 13.9. The number of anilines is 1. The van der Waals surface area contributed by atoms with E-state index in [0.29, 0.717) is 31.0 Å². The van der Waals surface area contributed by atoms with Crippen molar-refractivity contribution in [2.24, 2.45) is 0 Å². The van der Waals surface area contributed by atoms with Crippen LogP contribution >= 0.6 is 0 Å². The minimum atomic E-state index is -3.56. The van der Waals surface area contributed by atoms with Gasteiger partial charge in [-0.3, -0.25) is 13.9 Å². The van der Waals surface area contributed by atoms with Crippen molar-refractivity contribution in [3.05, 3.63) is 59.7 Å². The smallest absolute Gasteiger partial charge is 0.242 e. The molecule has 0 bridgehead atoms. The molecule has 1 saturated carbocycles. The van der Waals surface area contributed by atoms with Crippen LogP contribution in [-0.4, -0.2) is 56.6 Å². The number of hydrogen-bond acceptors (Lipinski definition) is 5. The number of aryl methyl sites for hydroxylation is 1. The third-order valence-corrected chi connectivity index (χ3v) is 8.37. The summed E-state index contributed by atoms with van der Waals surface area (Å²) >= 11 is 0. The van der Waals surface area contributed by atoms with Gasteiger partial charge in [0, 0.05) is 25.6 Å². The highest BCUT2D eigenvalue weighted by molar-refractivity contribution is 7.92. The Morgan fingerprint density at radius 2 is 1.67 bits per heavy atom. The van der Waals surface area contributed by atoms with E-state index < -0.39 is 16.1 Å². The third-order valence-electron chi connectivity index (χ3n) is 7.18. The lowest BCUT2D eigenvalue weighted by atomic mass is 9.95. The van der Waals surface area contributed by atoms with Crippen molar-refractivity contribution >= 4 is 27.5 Å². The van der Waals surface area contributed by atoms with Crippen LogP contribution in [0.5, 0.6) is 5.75 Å². The summed E-state index contributed by atoms with van der Waals surface area (Å²) in [6, 6.07) is 14.3. The molecule has 0 spiro atoms. The van der Waals surface area contributed by atoms with E-state index in [1.165, 1.54) is 10.7 Å². The Morgan fingerprint density at radius 3 is 2.26 bits per heavy atom. The van der Waals surface area contributed by atoms with Crippen LogP contribution < -0.4 is 14.4 Å². The lowest BCUT2D eigenvalue weighted by Crippen LogP contribution is -2.50. The molecule has 1 aliphatic rings. The Hall–Kier alpha value is -3.07. The van der Waals surface area contributed by atoms with Gasteiger partial charge < -0.3 is 15.0 Å². The van der Waals surface area contributed by atoms with Gasteiger partial charge in [-0.2, -0.15) is 0 Å². The summed E-state index contributed by atoms with van der Waals surface area (Å²) < 4.78 is 31.9. The van der Waals surface area contributed by atoms with E-state index in [1.54, 1.807) is 36.1 Å². The van der Waals surface area contributed by atoms with E-state index in [1.807, 2.05) is 38.1 Å². The van der Waals surface area contributed by atoms with Crippen molar-refractivity contribution in [3.8, 4) is 5.75 Å². The van der Waals surface area contributed by atoms with Crippen LogP contribution in [0.3, 0.4) is 0 Å². The molecule has 0 unspecified atom stereocenters. The fourth-order valence-corrected chi connectivity index (χ4v) is 5.89. The highest BCUT2D eigenvalue weighted by atomic mass is 32.2. The second-order valence-corrected chi connectivity index (χ2v) is 12.3. The molecule has 2 aromatic carbocycles. The van der Waals surface area contributed by atoms with E-state index in [4.69, 9.17) is 4.74 Å². The molecule has 1 fully saturated rings. The van der Waals surface area contributed by atoms with Gasteiger partial charge in [0.1, 0.15) is 11.8 Å². The van der Waals surface area contributed by atoms with Gasteiger partial charge in [-0.15, -0.1) is 0 Å². The Morgan fingerprint density at radius 1 is 1.03 bits per heavy atom. The fraction of sp³-hybridized carbons (Fsp3) is 0.533. The molecule has 2 aromatic rings. The van der Waals surface area contributed by atoms with Crippen molar-refractivity contribution in [1.82, 2.24) is 10.2 Å². The number of benzene rings is 2. The first-order chi connectivity index (χ1) is 18.6. The molecular weight excluding hydrogens is 514 g/mol. The van der Waals surface area contributed by atoms with E-state index in [2.05, 4.69) is 5.32 Å². The molecular formula is C30H43N3O5S. The number of carbonyl (C=O) groups excluding carboxylic acids is 2. The van der Waals surface area contributed by atoms with Gasteiger partial charge in [-0.25, -0.2) is 8.42 Å². The van der Waals surface area contributed by atoms with Gasteiger partial charge in [0.05, 0.1) is 18.6 Å². The van der Waals surface area contributed by atoms with Gasteiger partial charge in [-0.1, -0.05) is 49.1 Å². The van der Waals surface area contributed by atoms with Crippen LogP contribution in [0.25, 0.3) is 0 Å². The van der Waals surface area contributed by atoms with Crippen LogP contribution in [0.15, 0.2) is 48.5 Å². The predicted molar refractivity (Wildman–Crippen MR) is 155 cm³/mol. The molecule has 3 rings (SSSR count). The average Bonchev–Trinajstić information content (AvgIpc) is 2.91. The molecule has 8 nitrogen and oxygen atoms in total. The van der Waals surface area contributed by atoms with E-state index >= 15 is 0 Å². The summed E-state index contributed by atoms with van der Waals surface area (Å²) in [6.45, 7) is 6.65. The standard InChI is InChI=1S/C30H43N3O5S/c1-5-38-28-19-17-27(18-20-28)33(39(4,36)37)21-9-12-29(34)32(22-25-15-13-23(2)14-16-25)24(3)30(35)31-26-10-7-6-8-11-26/h13-20,24,26H,5-12,21-22H2,1-4H3,(H,31,35)/t24-/m1/s1. The van der Waals surface area contributed by atoms with Gasteiger partial charge >= 0.3 is 0 Å². The zero-order chi connectivity index (χ0) is 28.4. The van der Waals surface area contributed by atoms with Crippen molar-refractivity contribution < 1.29 is 22.7 Å². The highest BCUT2D eigenvalue weighted by Crippen LogP contribution is 2.23. The van der Waals surface area contributed by atoms with Crippen molar-refractivity contribution in [2.45, 2.75) is 84.3 Å². The number of carbonyl (C=O) groups is 2. The normalized spacial score (nSPS) is 14.9. The molecule has 1 aliphatic carbocycles. The SMILES string of the molecule is CCOc1ccc(N(CCCC(=O)N(Cc2ccc(C)cc2)[C@H](C)C(=O)NC2CCCCC2)S(C)(=O)=O)cc1. The summed E-state index contributed by atoms with van der Waals surface area (Å²) in [5, 5.41) is 3.15. The van der Waals surface area contributed by atoms with E-state index in [9.17, 15) is 18.0 Å². The molecule has 39 heavy (non-hydrogen) atoms. The van der Waals surface area contributed by atoms with Crippen LogP contribution in [0, 0.1) is 6.92 Å². The number of nitrogens with one attached hydrogen (secondary N) is 1. The summed E-state index contributed by atoms with van der Waals surface area (Å²) in [5.74, 6) is 0.341. The van der Waals surface area contributed by atoms with Crippen LogP contribution in [0.2, 0.25) is 0 Å². The minimum absolute atomic E-state index is 0.121. The highest BCUT2D eigenvalue weighted by Gasteiger charge is 2.28. The third kappa shape index (κ3) is 9.27. The minimum Gasteiger partial charge on any atom is -0.494 e. The molecule has 0 aromatic heterocycles. The fourth-order valence-electron chi connectivity index (χ4n) is 4.92. The lowest BCUT2D eigenvalue weighted by molar-refractivity contribution is -0.141. The van der Waals surface area contributed by atoms with Crippen LogP contribution in [0.1, 0.15) is 69.9 Å². The summed E-state index contributed by atoms with van der Waals surface area (Å²) in [4.78, 5) is 28.3. The van der Waals surface area contributed by atoms with E-state index in [-0.39, 0.29) is 30.8 Å². The number of amides is 2. The monoisotopic (exact) mass is 557 g/mol. The molecule has 0 radical (unpaired) electrons. The quantitative estimate of drug-likeness (QED) is 0.382. The maximum Gasteiger partial charge on any atom is 0.242 e. The number of nitrogens with zero attached hydrogens (tertiary/aromatic N) is 2. The maximum atomic E-state index is 13.5. The number of hydrogen-bond donors (Lipinski definition) is 1. The second kappa shape index (κ2) is 14.4. The largest absolute Gasteiger partial charge is 0.494 e. The molecule has 0 saturated heterocycles. The molecule has 2 amide bonds. The van der Waals surface area contributed by atoms with Gasteiger partial charge in [0.15, 0.2) is 0 Å². The molecule has 1 atom stereocenters. The van der Waals surface area contributed by atoms with E-state index in [0.717, 1.165) is 43.1 Å². The zero-order valence-electron chi connectivity index (χ0n) is 23.7. The second-order valence-electron chi connectivity index (χ2n) is 10.4. The molecule has 0 heterocycles. The number of sulfonamides is 1. The summed E-state index contributed by atoms with van der Waals surface area (Å²) in [6.07, 6.45) is 6.95. The van der Waals surface area contributed by atoms with Gasteiger partial charge in [-0.05, 0) is 69.9 Å². The topological polar surface area (TPSA) is 96.0 Å². The Kier molecular flexibility index (Phi) is 11.2. The first kappa shape index (κ1) is 30.5. The Bertz CT molecular complexity index is 1180. The van der Waals surface area contributed by atoms with Crippen molar-refractivity contribution in [3.63, 3.8) is 0 Å². The number of rotatable bonds is 13. The van der Waals surface area contributed by atoms with Crippen LogP contribution in [0.4, 0.5) is 5.69 Å². The zero-order valence-corrected chi connectivity index (χ0v) is 24.5. The molecule has 214 valence electrons. The molecule has 9 heteroatoms. The van der Waals surface area contributed by atoms with Gasteiger partial charge in [0.2, 0.25) is 21.8 Å². The predicted octanol–water partition coefficient (Wildman–Crippen LogP) is 4.81. The molecule has 1 N–H and O–H groups in total. The Labute approximate surface area is 233 Å². The lowest BCUT2D eigenvalue weighted by Gasteiger charge is -2.31. The van der Waals surface area contributed by atoms with Crippen LogP contribution in [-0.2, 0) is 26.2 Å². The van der Waals surface area contributed by atoms with Crippen molar-refractivity contribution in [2.75, 3.05) is 23.7 Å². The summed E-state index contributed by atoms with van der Waals surface area (Å²) in [7, 11) is -3.56. The summed E-state index contributed by atoms with van der Waals surface area (Å²) in [5.41, 5.74) is 2.58. The molecule has 0 aliphatic heterocycles.